The lowest BCUT2D eigenvalue weighted by Crippen LogP contribution is -2.13. The molecule has 0 aliphatic carbocycles. The fraction of sp³-hybridized carbons (Fsp3) is 0.500. The summed E-state index contributed by atoms with van der Waals surface area (Å²) in [7, 11) is 0. The third kappa shape index (κ3) is 4.04. The number of aryl methyl sites for hydroxylation is 1. The number of benzene rings is 1. The van der Waals surface area contributed by atoms with Gasteiger partial charge in [-0.3, -0.25) is 0 Å². The van der Waals surface area contributed by atoms with E-state index in [9.17, 15) is 0 Å². The first-order valence-corrected chi connectivity index (χ1v) is 7.33. The topological polar surface area (TPSA) is 66.0 Å². The van der Waals surface area contributed by atoms with Crippen LogP contribution >= 0.6 is 0 Å². The van der Waals surface area contributed by atoms with Crippen LogP contribution < -0.4 is 10.5 Å². The summed E-state index contributed by atoms with van der Waals surface area (Å²) in [5.41, 5.74) is 8.21. The molecule has 1 aromatic carbocycles. The van der Waals surface area contributed by atoms with Crippen LogP contribution in [0.15, 0.2) is 24.5 Å². The van der Waals surface area contributed by atoms with Gasteiger partial charge in [-0.15, -0.1) is 0 Å². The van der Waals surface area contributed by atoms with Gasteiger partial charge in [0.05, 0.1) is 0 Å². The Morgan fingerprint density at radius 2 is 2.05 bits per heavy atom. The average Bonchev–Trinajstić information content (AvgIpc) is 2.83. The van der Waals surface area contributed by atoms with Gasteiger partial charge in [0.1, 0.15) is 18.7 Å². The normalized spacial score (nSPS) is 12.7. The second-order valence-electron chi connectivity index (χ2n) is 5.87. The first kappa shape index (κ1) is 15.5. The largest absolute Gasteiger partial charge is 0.485 e. The molecule has 1 atom stereocenters. The SMILES string of the molecule is Cc1ccc(OCc2ncnn2CC(C)C)c([C@H](C)N)c1. The van der Waals surface area contributed by atoms with E-state index in [1.54, 1.807) is 6.33 Å². The molecule has 2 N–H and O–H groups in total. The summed E-state index contributed by atoms with van der Waals surface area (Å²) in [5.74, 6) is 2.17. The smallest absolute Gasteiger partial charge is 0.164 e. The Hall–Kier alpha value is -1.88. The highest BCUT2D eigenvalue weighted by Crippen LogP contribution is 2.25. The number of ether oxygens (including phenoxy) is 1. The van der Waals surface area contributed by atoms with Crippen molar-refractivity contribution in [2.24, 2.45) is 11.7 Å². The van der Waals surface area contributed by atoms with E-state index in [2.05, 4.69) is 36.9 Å². The van der Waals surface area contributed by atoms with Crippen molar-refractivity contribution in [1.82, 2.24) is 14.8 Å². The Morgan fingerprint density at radius 1 is 1.29 bits per heavy atom. The summed E-state index contributed by atoms with van der Waals surface area (Å²) < 4.78 is 7.81. The van der Waals surface area contributed by atoms with Gasteiger partial charge in [0, 0.05) is 18.2 Å². The monoisotopic (exact) mass is 288 g/mol. The van der Waals surface area contributed by atoms with Crippen molar-refractivity contribution in [3.8, 4) is 5.75 Å². The fourth-order valence-electron chi connectivity index (χ4n) is 2.20. The maximum atomic E-state index is 6.01. The highest BCUT2D eigenvalue weighted by molar-refractivity contribution is 5.38. The third-order valence-corrected chi connectivity index (χ3v) is 3.25. The van der Waals surface area contributed by atoms with Gasteiger partial charge in [0.2, 0.25) is 0 Å². The molecule has 0 radical (unpaired) electrons. The maximum Gasteiger partial charge on any atom is 0.164 e. The van der Waals surface area contributed by atoms with Gasteiger partial charge in [0.15, 0.2) is 5.82 Å². The molecule has 2 rings (SSSR count). The number of nitrogens with two attached hydrogens (primary N) is 1. The van der Waals surface area contributed by atoms with Crippen LogP contribution in [0.1, 0.15) is 43.8 Å². The highest BCUT2D eigenvalue weighted by atomic mass is 16.5. The molecule has 0 bridgehead atoms. The van der Waals surface area contributed by atoms with Gasteiger partial charge >= 0.3 is 0 Å². The van der Waals surface area contributed by atoms with Crippen LogP contribution in [-0.2, 0) is 13.2 Å². The van der Waals surface area contributed by atoms with Crippen molar-refractivity contribution in [2.45, 2.75) is 46.9 Å². The van der Waals surface area contributed by atoms with Crippen LogP contribution in [0.4, 0.5) is 0 Å². The molecule has 5 heteroatoms. The zero-order valence-electron chi connectivity index (χ0n) is 13.2. The predicted octanol–water partition coefficient (Wildman–Crippen LogP) is 2.84. The van der Waals surface area contributed by atoms with E-state index in [-0.39, 0.29) is 6.04 Å². The molecule has 0 unspecified atom stereocenters. The summed E-state index contributed by atoms with van der Waals surface area (Å²) in [6.07, 6.45) is 1.57. The molecule has 0 aliphatic heterocycles. The molecule has 0 amide bonds. The zero-order valence-corrected chi connectivity index (χ0v) is 13.2. The summed E-state index contributed by atoms with van der Waals surface area (Å²) >= 11 is 0. The molecule has 0 saturated carbocycles. The van der Waals surface area contributed by atoms with E-state index < -0.39 is 0 Å². The van der Waals surface area contributed by atoms with Crippen molar-refractivity contribution in [1.29, 1.82) is 0 Å². The van der Waals surface area contributed by atoms with Gasteiger partial charge in [-0.2, -0.15) is 5.10 Å². The van der Waals surface area contributed by atoms with Crippen molar-refractivity contribution in [3.63, 3.8) is 0 Å². The highest BCUT2D eigenvalue weighted by Gasteiger charge is 2.11. The minimum atomic E-state index is -0.0616. The lowest BCUT2D eigenvalue weighted by Gasteiger charge is -2.15. The van der Waals surface area contributed by atoms with Gasteiger partial charge in [-0.1, -0.05) is 31.5 Å². The van der Waals surface area contributed by atoms with Gasteiger partial charge in [-0.05, 0) is 25.8 Å². The van der Waals surface area contributed by atoms with Gasteiger partial charge < -0.3 is 10.5 Å². The Kier molecular flexibility index (Phi) is 4.96. The number of nitrogens with zero attached hydrogens (tertiary/aromatic N) is 3. The standard InChI is InChI=1S/C16H24N4O/c1-11(2)8-20-16(18-10-19-20)9-21-15-6-5-12(3)7-14(15)13(4)17/h5-7,10-11,13H,8-9,17H2,1-4H3/t13-/m0/s1. The van der Waals surface area contributed by atoms with E-state index in [0.29, 0.717) is 12.5 Å². The van der Waals surface area contributed by atoms with Crippen molar-refractivity contribution >= 4 is 0 Å². The van der Waals surface area contributed by atoms with Gasteiger partial charge in [-0.25, -0.2) is 9.67 Å². The second-order valence-corrected chi connectivity index (χ2v) is 5.87. The molecule has 1 aromatic heterocycles. The van der Waals surface area contributed by atoms with Crippen LogP contribution in [0.3, 0.4) is 0 Å². The third-order valence-electron chi connectivity index (χ3n) is 3.25. The van der Waals surface area contributed by atoms with Crippen LogP contribution in [-0.4, -0.2) is 14.8 Å². The summed E-state index contributed by atoms with van der Waals surface area (Å²) in [6, 6.07) is 6.00. The number of rotatable bonds is 6. The minimum absolute atomic E-state index is 0.0616. The predicted molar refractivity (Wildman–Crippen MR) is 83.0 cm³/mol. The maximum absolute atomic E-state index is 6.01. The summed E-state index contributed by atoms with van der Waals surface area (Å²) in [4.78, 5) is 4.27. The Labute approximate surface area is 126 Å². The van der Waals surface area contributed by atoms with Crippen molar-refractivity contribution in [2.75, 3.05) is 0 Å². The number of hydrogen-bond donors (Lipinski definition) is 1. The summed E-state index contributed by atoms with van der Waals surface area (Å²) in [5, 5.41) is 4.24. The molecular formula is C16H24N4O. The van der Waals surface area contributed by atoms with E-state index in [1.807, 2.05) is 23.7 Å². The van der Waals surface area contributed by atoms with E-state index in [1.165, 1.54) is 5.56 Å². The van der Waals surface area contributed by atoms with Crippen LogP contribution in [0.25, 0.3) is 0 Å². The minimum Gasteiger partial charge on any atom is -0.485 e. The molecule has 1 heterocycles. The van der Waals surface area contributed by atoms with Gasteiger partial charge in [0.25, 0.3) is 0 Å². The Morgan fingerprint density at radius 3 is 2.71 bits per heavy atom. The van der Waals surface area contributed by atoms with Crippen molar-refractivity contribution < 1.29 is 4.74 Å². The zero-order chi connectivity index (χ0) is 15.4. The molecule has 114 valence electrons. The molecule has 21 heavy (non-hydrogen) atoms. The van der Waals surface area contributed by atoms with Crippen LogP contribution in [0.2, 0.25) is 0 Å². The molecule has 0 fully saturated rings. The first-order valence-electron chi connectivity index (χ1n) is 7.33. The van der Waals surface area contributed by atoms with E-state index in [0.717, 1.165) is 23.7 Å². The number of hydrogen-bond acceptors (Lipinski definition) is 4. The second kappa shape index (κ2) is 6.72. The molecule has 5 nitrogen and oxygen atoms in total. The van der Waals surface area contributed by atoms with E-state index >= 15 is 0 Å². The molecule has 0 spiro atoms. The van der Waals surface area contributed by atoms with E-state index in [4.69, 9.17) is 10.5 Å². The van der Waals surface area contributed by atoms with Crippen LogP contribution in [0.5, 0.6) is 5.75 Å². The molecule has 2 aromatic rings. The lowest BCUT2D eigenvalue weighted by atomic mass is 10.1. The lowest BCUT2D eigenvalue weighted by molar-refractivity contribution is 0.278. The molecule has 0 saturated heterocycles. The average molecular weight is 288 g/mol. The molecule has 0 aliphatic rings. The first-order chi connectivity index (χ1) is 9.97. The Balaban J connectivity index is 2.12. The van der Waals surface area contributed by atoms with Crippen LogP contribution in [0, 0.1) is 12.8 Å². The van der Waals surface area contributed by atoms with Crippen molar-refractivity contribution in [3.05, 3.63) is 41.5 Å². The molecular weight excluding hydrogens is 264 g/mol. The summed E-state index contributed by atoms with van der Waals surface area (Å²) in [6.45, 7) is 9.56. The number of aromatic nitrogens is 3. The fourth-order valence-corrected chi connectivity index (χ4v) is 2.20. The quantitative estimate of drug-likeness (QED) is 0.887. The Bertz CT molecular complexity index is 590.